The first-order chi connectivity index (χ1) is 10.4. The highest BCUT2D eigenvalue weighted by molar-refractivity contribution is 6.09. The Kier molecular flexibility index (Phi) is 3.44. The number of carbonyl (C=O) groups is 1. The molecule has 6 heteroatoms. The average molecular weight is 303 g/mol. The third-order valence-corrected chi connectivity index (χ3v) is 5.17. The van der Waals surface area contributed by atoms with Crippen molar-refractivity contribution in [2.75, 3.05) is 19.0 Å². The molecule has 0 bridgehead atoms. The second-order valence-corrected chi connectivity index (χ2v) is 6.52. The van der Waals surface area contributed by atoms with Gasteiger partial charge in [-0.25, -0.2) is 0 Å². The summed E-state index contributed by atoms with van der Waals surface area (Å²) in [7, 11) is 3.82. The number of hydrogen-bond acceptors (Lipinski definition) is 4. The van der Waals surface area contributed by atoms with E-state index in [0.717, 1.165) is 31.2 Å². The van der Waals surface area contributed by atoms with Crippen molar-refractivity contribution in [3.63, 3.8) is 0 Å². The zero-order chi connectivity index (χ0) is 16.1. The molecule has 2 aliphatic rings. The molecule has 118 valence electrons. The number of hydrogen-bond donors (Lipinski definition) is 0. The van der Waals surface area contributed by atoms with Crippen LogP contribution in [0.2, 0.25) is 0 Å². The molecule has 1 aliphatic carbocycles. The second kappa shape index (κ2) is 5.05. The number of fused-ring (bicyclic) bond motifs is 2. The maximum Gasteiger partial charge on any atom is 0.271 e. The number of amides is 1. The first kappa shape index (κ1) is 15.0. The molecule has 1 aliphatic heterocycles. The maximum absolute atomic E-state index is 13.1. The summed E-state index contributed by atoms with van der Waals surface area (Å²) in [4.78, 5) is 27.5. The van der Waals surface area contributed by atoms with E-state index < -0.39 is 10.3 Å². The van der Waals surface area contributed by atoms with Gasteiger partial charge in [-0.15, -0.1) is 0 Å². The van der Waals surface area contributed by atoms with E-state index in [2.05, 4.69) is 0 Å². The zero-order valence-corrected chi connectivity index (χ0v) is 13.2. The fraction of sp³-hybridized carbons (Fsp3) is 0.562. The number of anilines is 1. The lowest BCUT2D eigenvalue weighted by Gasteiger charge is -2.32. The summed E-state index contributed by atoms with van der Waals surface area (Å²) in [6, 6.07) is 4.87. The minimum atomic E-state index is -0.464. The topological polar surface area (TPSA) is 66.7 Å². The van der Waals surface area contributed by atoms with Crippen molar-refractivity contribution in [2.45, 2.75) is 44.2 Å². The second-order valence-electron chi connectivity index (χ2n) is 6.52. The molecule has 1 fully saturated rings. The average Bonchev–Trinajstić information content (AvgIpc) is 3.05. The summed E-state index contributed by atoms with van der Waals surface area (Å²) in [6.07, 6.45) is 3.62. The Labute approximate surface area is 129 Å². The molecule has 3 rings (SSSR count). The van der Waals surface area contributed by atoms with Gasteiger partial charge in [0.05, 0.1) is 22.2 Å². The summed E-state index contributed by atoms with van der Waals surface area (Å²) in [5.41, 5.74) is 1.25. The number of carbonyl (C=O) groups excluding carboxylic acids is 1. The standard InChI is InChI=1S/C16H21N3O3/c1-11(17(2)3)18-14-10-12(19(21)22)6-7-13(14)16(15(18)20)8-4-5-9-16/h6-7,10-11H,4-5,8-9H2,1-3H3. The molecule has 0 aromatic heterocycles. The smallest absolute Gasteiger partial charge is 0.271 e. The molecule has 22 heavy (non-hydrogen) atoms. The number of nitrogens with zero attached hydrogens (tertiary/aromatic N) is 3. The lowest BCUT2D eigenvalue weighted by molar-refractivity contribution is -0.384. The molecule has 0 radical (unpaired) electrons. The summed E-state index contributed by atoms with van der Waals surface area (Å²) in [5, 5.41) is 11.1. The van der Waals surface area contributed by atoms with Crippen LogP contribution in [0.15, 0.2) is 18.2 Å². The molecule has 1 aromatic carbocycles. The van der Waals surface area contributed by atoms with Crippen LogP contribution < -0.4 is 4.90 Å². The van der Waals surface area contributed by atoms with Crippen molar-refractivity contribution < 1.29 is 9.72 Å². The van der Waals surface area contributed by atoms with Gasteiger partial charge in [-0.1, -0.05) is 12.8 Å². The van der Waals surface area contributed by atoms with Crippen molar-refractivity contribution in [3.05, 3.63) is 33.9 Å². The predicted octanol–water partition coefficient (Wildman–Crippen LogP) is 2.66. The molecule has 1 amide bonds. The van der Waals surface area contributed by atoms with E-state index >= 15 is 0 Å². The first-order valence-corrected chi connectivity index (χ1v) is 7.67. The molecule has 1 aromatic rings. The van der Waals surface area contributed by atoms with Crippen LogP contribution in [0, 0.1) is 10.1 Å². The quantitative estimate of drug-likeness (QED) is 0.636. The Morgan fingerprint density at radius 3 is 2.50 bits per heavy atom. The summed E-state index contributed by atoms with van der Waals surface area (Å²) in [5.74, 6) is 0.0988. The lowest BCUT2D eigenvalue weighted by atomic mass is 9.80. The third-order valence-electron chi connectivity index (χ3n) is 5.17. The molecule has 1 atom stereocenters. The van der Waals surface area contributed by atoms with Crippen LogP contribution in [0.4, 0.5) is 11.4 Å². The van der Waals surface area contributed by atoms with Gasteiger partial charge in [-0.2, -0.15) is 0 Å². The molecule has 0 N–H and O–H groups in total. The van der Waals surface area contributed by atoms with E-state index in [1.54, 1.807) is 17.0 Å². The van der Waals surface area contributed by atoms with E-state index in [1.807, 2.05) is 25.9 Å². The van der Waals surface area contributed by atoms with Crippen LogP contribution in [0.3, 0.4) is 0 Å². The Hall–Kier alpha value is -1.95. The van der Waals surface area contributed by atoms with Crippen molar-refractivity contribution in [1.82, 2.24) is 4.90 Å². The zero-order valence-electron chi connectivity index (χ0n) is 13.2. The first-order valence-electron chi connectivity index (χ1n) is 7.67. The van der Waals surface area contributed by atoms with E-state index in [4.69, 9.17) is 0 Å². The Morgan fingerprint density at radius 2 is 1.95 bits per heavy atom. The number of non-ortho nitro benzene ring substituents is 1. The van der Waals surface area contributed by atoms with Crippen LogP contribution >= 0.6 is 0 Å². The van der Waals surface area contributed by atoms with Crippen LogP contribution in [0.1, 0.15) is 38.2 Å². The maximum atomic E-state index is 13.1. The summed E-state index contributed by atoms with van der Waals surface area (Å²) in [6.45, 7) is 1.95. The van der Waals surface area contributed by atoms with E-state index in [0.29, 0.717) is 5.69 Å². The van der Waals surface area contributed by atoms with E-state index in [9.17, 15) is 14.9 Å². The molecular formula is C16H21N3O3. The Bertz CT molecular complexity index is 636. The molecule has 6 nitrogen and oxygen atoms in total. The summed E-state index contributed by atoms with van der Waals surface area (Å²) < 4.78 is 0. The number of nitro benzene ring substituents is 1. The number of rotatable bonds is 3. The highest BCUT2D eigenvalue weighted by Gasteiger charge is 2.53. The van der Waals surface area contributed by atoms with Gasteiger partial charge < -0.3 is 0 Å². The van der Waals surface area contributed by atoms with Gasteiger partial charge >= 0.3 is 0 Å². The van der Waals surface area contributed by atoms with Gasteiger partial charge in [0.2, 0.25) is 5.91 Å². The van der Waals surface area contributed by atoms with E-state index in [-0.39, 0.29) is 17.8 Å². The fourth-order valence-electron chi connectivity index (χ4n) is 3.76. The largest absolute Gasteiger partial charge is 0.295 e. The van der Waals surface area contributed by atoms with Gasteiger partial charge in [0.15, 0.2) is 0 Å². The number of nitro groups is 1. The molecule has 1 heterocycles. The van der Waals surface area contributed by atoms with Crippen molar-refractivity contribution in [3.8, 4) is 0 Å². The van der Waals surface area contributed by atoms with Gasteiger partial charge in [0, 0.05) is 12.1 Å². The van der Waals surface area contributed by atoms with Crippen LogP contribution in [-0.2, 0) is 10.2 Å². The van der Waals surface area contributed by atoms with Gasteiger partial charge in [-0.05, 0) is 45.5 Å². The molecule has 1 unspecified atom stereocenters. The number of benzene rings is 1. The minimum Gasteiger partial charge on any atom is -0.295 e. The molecule has 1 saturated carbocycles. The fourth-order valence-corrected chi connectivity index (χ4v) is 3.76. The molecular weight excluding hydrogens is 282 g/mol. The third kappa shape index (κ3) is 1.94. The highest BCUT2D eigenvalue weighted by atomic mass is 16.6. The van der Waals surface area contributed by atoms with Crippen LogP contribution in [0.25, 0.3) is 0 Å². The molecule has 1 spiro atoms. The normalized spacial score (nSPS) is 20.7. The van der Waals surface area contributed by atoms with Gasteiger partial charge in [-0.3, -0.25) is 24.7 Å². The summed E-state index contributed by atoms with van der Waals surface area (Å²) >= 11 is 0. The predicted molar refractivity (Wildman–Crippen MR) is 83.9 cm³/mol. The lowest BCUT2D eigenvalue weighted by Crippen LogP contribution is -2.48. The Morgan fingerprint density at radius 1 is 1.32 bits per heavy atom. The van der Waals surface area contributed by atoms with Crippen LogP contribution in [0.5, 0.6) is 0 Å². The van der Waals surface area contributed by atoms with Crippen molar-refractivity contribution in [2.24, 2.45) is 0 Å². The van der Waals surface area contributed by atoms with E-state index in [1.165, 1.54) is 6.07 Å². The highest BCUT2D eigenvalue weighted by Crippen LogP contribution is 2.52. The monoisotopic (exact) mass is 303 g/mol. The minimum absolute atomic E-state index is 0.0394. The van der Waals surface area contributed by atoms with Gasteiger partial charge in [0.25, 0.3) is 5.69 Å². The van der Waals surface area contributed by atoms with Gasteiger partial charge in [0.1, 0.15) is 0 Å². The molecule has 0 saturated heterocycles. The SMILES string of the molecule is CC(N(C)C)N1C(=O)C2(CCCC2)c2ccc([N+](=O)[O-])cc21. The van der Waals surface area contributed by atoms with Crippen molar-refractivity contribution >= 4 is 17.3 Å². The van der Waals surface area contributed by atoms with Crippen molar-refractivity contribution in [1.29, 1.82) is 0 Å². The Balaban J connectivity index is 2.17. The van der Waals surface area contributed by atoms with Crippen LogP contribution in [-0.4, -0.2) is 36.0 Å².